The van der Waals surface area contributed by atoms with Crippen LogP contribution in [0.5, 0.6) is 0 Å². The Labute approximate surface area is 178 Å². The highest BCUT2D eigenvalue weighted by molar-refractivity contribution is 5.95. The predicted molar refractivity (Wildman–Crippen MR) is 115 cm³/mol. The van der Waals surface area contributed by atoms with E-state index in [2.05, 4.69) is 10.6 Å². The third kappa shape index (κ3) is 9.41. The Balaban J connectivity index is 2.48. The zero-order valence-electron chi connectivity index (χ0n) is 18.1. The monoisotopic (exact) mass is 416 g/mol. The normalized spacial score (nSPS) is 11.1. The van der Waals surface area contributed by atoms with E-state index in [9.17, 15) is 14.4 Å². The fraction of sp³-hybridized carbons (Fsp3) is 0.545. The number of ether oxygens (including phenoxy) is 1. The van der Waals surface area contributed by atoms with Gasteiger partial charge in [0.25, 0.3) is 5.91 Å². The van der Waals surface area contributed by atoms with Gasteiger partial charge in [-0.25, -0.2) is 4.79 Å². The number of benzene rings is 1. The molecule has 0 bridgehead atoms. The van der Waals surface area contributed by atoms with Crippen LogP contribution in [0.25, 0.3) is 0 Å². The van der Waals surface area contributed by atoms with Crippen LogP contribution in [0.15, 0.2) is 24.3 Å². The first-order valence-corrected chi connectivity index (χ1v) is 10.4. The molecule has 8 heteroatoms. The first-order valence-electron chi connectivity index (χ1n) is 10.4. The molecule has 0 heterocycles. The van der Waals surface area contributed by atoms with Crippen LogP contribution in [0.1, 0.15) is 63.2 Å². The van der Waals surface area contributed by atoms with Crippen molar-refractivity contribution in [1.82, 2.24) is 10.2 Å². The molecule has 0 aliphatic heterocycles. The third-order valence-electron chi connectivity index (χ3n) is 4.60. The summed E-state index contributed by atoms with van der Waals surface area (Å²) in [6, 6.07) is 8.68. The maximum absolute atomic E-state index is 12.3. The molecule has 1 unspecified atom stereocenters. The molecule has 0 aliphatic carbocycles. The van der Waals surface area contributed by atoms with Crippen molar-refractivity contribution >= 4 is 23.6 Å². The lowest BCUT2D eigenvalue weighted by Crippen LogP contribution is -2.30. The van der Waals surface area contributed by atoms with Gasteiger partial charge < -0.3 is 15.0 Å². The van der Waals surface area contributed by atoms with E-state index >= 15 is 0 Å². The molecule has 0 saturated heterocycles. The molecule has 1 aromatic rings. The number of anilines is 1. The summed E-state index contributed by atoms with van der Waals surface area (Å²) < 4.78 is 5.37. The molecular formula is C22H32N4O4. The van der Waals surface area contributed by atoms with Crippen LogP contribution < -0.4 is 10.6 Å². The van der Waals surface area contributed by atoms with Gasteiger partial charge in [-0.05, 0) is 57.4 Å². The summed E-state index contributed by atoms with van der Waals surface area (Å²) in [6.45, 7) is 7.21. The Hall–Kier alpha value is -3.08. The summed E-state index contributed by atoms with van der Waals surface area (Å²) in [6.07, 6.45) is 2.09. The number of nitrogens with zero attached hydrogens (tertiary/aromatic N) is 2. The number of nitrogens with one attached hydrogen (secondary N) is 2. The average molecular weight is 417 g/mol. The van der Waals surface area contributed by atoms with Crippen LogP contribution in [0.4, 0.5) is 10.5 Å². The quantitative estimate of drug-likeness (QED) is 0.505. The van der Waals surface area contributed by atoms with Crippen LogP contribution in [0, 0.1) is 11.3 Å². The molecular weight excluding hydrogens is 384 g/mol. The molecule has 1 rings (SSSR count). The Morgan fingerprint density at radius 1 is 1.10 bits per heavy atom. The van der Waals surface area contributed by atoms with E-state index in [0.717, 1.165) is 19.3 Å². The number of rotatable bonds is 12. The van der Waals surface area contributed by atoms with Gasteiger partial charge in [-0.3, -0.25) is 14.9 Å². The van der Waals surface area contributed by atoms with Gasteiger partial charge in [-0.2, -0.15) is 5.26 Å². The van der Waals surface area contributed by atoms with Gasteiger partial charge in [0, 0.05) is 37.8 Å². The van der Waals surface area contributed by atoms with E-state index in [4.69, 9.17) is 10.00 Å². The minimum Gasteiger partial charge on any atom is -0.445 e. The third-order valence-corrected chi connectivity index (χ3v) is 4.60. The van der Waals surface area contributed by atoms with Gasteiger partial charge in [0.15, 0.2) is 0 Å². The molecule has 0 fully saturated rings. The van der Waals surface area contributed by atoms with Crippen molar-refractivity contribution in [3.8, 4) is 6.07 Å². The first-order chi connectivity index (χ1) is 14.4. The number of hydrogen-bond acceptors (Lipinski definition) is 5. The number of carbonyl (C=O) groups excluding carboxylic acids is 3. The van der Waals surface area contributed by atoms with Crippen molar-refractivity contribution in [2.45, 2.75) is 59.0 Å². The molecule has 0 saturated carbocycles. The summed E-state index contributed by atoms with van der Waals surface area (Å²) in [7, 11) is 0. The number of amides is 3. The molecule has 30 heavy (non-hydrogen) atoms. The minimum atomic E-state index is -0.628. The molecule has 164 valence electrons. The van der Waals surface area contributed by atoms with Crippen molar-refractivity contribution in [3.63, 3.8) is 0 Å². The van der Waals surface area contributed by atoms with E-state index in [1.165, 1.54) is 6.92 Å². The lowest BCUT2D eigenvalue weighted by Gasteiger charge is -2.19. The Bertz CT molecular complexity index is 724. The Morgan fingerprint density at radius 2 is 1.77 bits per heavy atom. The number of hydrogen-bond donors (Lipinski definition) is 2. The van der Waals surface area contributed by atoms with Crippen LogP contribution in [-0.2, 0) is 9.53 Å². The second kappa shape index (κ2) is 14.0. The highest BCUT2D eigenvalue weighted by Crippen LogP contribution is 2.14. The van der Waals surface area contributed by atoms with Crippen molar-refractivity contribution in [1.29, 1.82) is 5.26 Å². The van der Waals surface area contributed by atoms with Crippen molar-refractivity contribution in [3.05, 3.63) is 29.8 Å². The SMILES string of the molecule is CCN(CC)C(=O)c1ccc(NC(=O)OC(CC#N)CCCCCNC(C)=O)cc1. The zero-order chi connectivity index (χ0) is 22.4. The van der Waals surface area contributed by atoms with E-state index in [1.54, 1.807) is 29.2 Å². The van der Waals surface area contributed by atoms with Crippen LogP contribution >= 0.6 is 0 Å². The Morgan fingerprint density at radius 3 is 2.33 bits per heavy atom. The maximum Gasteiger partial charge on any atom is 0.411 e. The first kappa shape index (κ1) is 25.0. The zero-order valence-corrected chi connectivity index (χ0v) is 18.1. The molecule has 0 spiro atoms. The number of unbranched alkanes of at least 4 members (excludes halogenated alkanes) is 2. The fourth-order valence-electron chi connectivity index (χ4n) is 2.93. The number of carbonyl (C=O) groups is 3. The van der Waals surface area contributed by atoms with E-state index in [-0.39, 0.29) is 18.2 Å². The molecule has 3 amide bonds. The van der Waals surface area contributed by atoms with Crippen LogP contribution in [0.2, 0.25) is 0 Å². The van der Waals surface area contributed by atoms with Gasteiger partial charge in [-0.1, -0.05) is 6.42 Å². The second-order valence-corrected chi connectivity index (χ2v) is 6.90. The summed E-state index contributed by atoms with van der Waals surface area (Å²) in [5, 5.41) is 14.3. The Kier molecular flexibility index (Phi) is 11.6. The van der Waals surface area contributed by atoms with Gasteiger partial charge >= 0.3 is 6.09 Å². The van der Waals surface area contributed by atoms with E-state index < -0.39 is 12.2 Å². The molecule has 0 aliphatic rings. The summed E-state index contributed by atoms with van der Waals surface area (Å²) in [5.41, 5.74) is 1.07. The molecule has 0 aromatic heterocycles. The van der Waals surface area contributed by atoms with Gasteiger partial charge in [0.05, 0.1) is 12.5 Å². The summed E-state index contributed by atoms with van der Waals surface area (Å²) in [4.78, 5) is 37.0. The van der Waals surface area contributed by atoms with Crippen LogP contribution in [-0.4, -0.2) is 48.5 Å². The molecule has 0 radical (unpaired) electrons. The van der Waals surface area contributed by atoms with Crippen molar-refractivity contribution in [2.75, 3.05) is 25.0 Å². The van der Waals surface area contributed by atoms with Crippen molar-refractivity contribution < 1.29 is 19.1 Å². The predicted octanol–water partition coefficient (Wildman–Crippen LogP) is 3.70. The fourth-order valence-corrected chi connectivity index (χ4v) is 2.93. The molecule has 2 N–H and O–H groups in total. The number of nitriles is 1. The topological polar surface area (TPSA) is 112 Å². The second-order valence-electron chi connectivity index (χ2n) is 6.90. The molecule has 8 nitrogen and oxygen atoms in total. The lowest BCUT2D eigenvalue weighted by atomic mass is 10.1. The highest BCUT2D eigenvalue weighted by Gasteiger charge is 2.15. The van der Waals surface area contributed by atoms with E-state index in [1.807, 2.05) is 19.9 Å². The largest absolute Gasteiger partial charge is 0.445 e. The van der Waals surface area contributed by atoms with Gasteiger partial charge in [0.1, 0.15) is 6.10 Å². The lowest BCUT2D eigenvalue weighted by molar-refractivity contribution is -0.118. The summed E-state index contributed by atoms with van der Waals surface area (Å²) in [5.74, 6) is -0.107. The van der Waals surface area contributed by atoms with Gasteiger partial charge in [0.2, 0.25) is 5.91 Å². The maximum atomic E-state index is 12.3. The van der Waals surface area contributed by atoms with Crippen molar-refractivity contribution in [2.24, 2.45) is 0 Å². The molecule has 1 atom stereocenters. The van der Waals surface area contributed by atoms with Crippen LogP contribution in [0.3, 0.4) is 0 Å². The minimum absolute atomic E-state index is 0.0530. The highest BCUT2D eigenvalue weighted by atomic mass is 16.6. The molecule has 1 aromatic carbocycles. The standard InChI is InChI=1S/C22H32N4O4/c1-4-26(5-2)21(28)18-10-12-19(13-11-18)25-22(29)30-20(14-15-23)9-7-6-8-16-24-17(3)27/h10-13,20H,4-9,14,16H2,1-3H3,(H,24,27)(H,25,29). The summed E-state index contributed by atoms with van der Waals surface area (Å²) >= 11 is 0. The van der Waals surface area contributed by atoms with E-state index in [0.29, 0.717) is 37.3 Å². The smallest absolute Gasteiger partial charge is 0.411 e. The average Bonchev–Trinajstić information content (AvgIpc) is 2.71. The van der Waals surface area contributed by atoms with Gasteiger partial charge in [-0.15, -0.1) is 0 Å².